The Bertz CT molecular complexity index is 2090. The van der Waals surface area contributed by atoms with Gasteiger partial charge in [-0.15, -0.1) is 11.6 Å². The van der Waals surface area contributed by atoms with E-state index in [0.29, 0.717) is 43.1 Å². The molecule has 0 aromatic heterocycles. The predicted octanol–water partition coefficient (Wildman–Crippen LogP) is 7.89. The third-order valence-corrected chi connectivity index (χ3v) is 11.6. The van der Waals surface area contributed by atoms with E-state index in [4.69, 9.17) is 21.1 Å². The Balaban J connectivity index is 0.974. The number of alkyl carbamates (subject to hydrolysis) is 1. The van der Waals surface area contributed by atoms with Crippen LogP contribution in [-0.4, -0.2) is 54.6 Å². The number of amides is 3. The molecule has 9 nitrogen and oxygen atoms in total. The maximum atomic E-state index is 14.2. The summed E-state index contributed by atoms with van der Waals surface area (Å²) in [6.45, 7) is 7.71. The maximum Gasteiger partial charge on any atom is 0.407 e. The van der Waals surface area contributed by atoms with Crippen LogP contribution in [0.1, 0.15) is 75.5 Å². The van der Waals surface area contributed by atoms with Crippen molar-refractivity contribution in [1.29, 1.82) is 0 Å². The monoisotopic (exact) mass is 719 g/mol. The molecule has 9 rings (SSSR count). The maximum absolute atomic E-state index is 14.2. The normalized spacial score (nSPS) is 23.0. The van der Waals surface area contributed by atoms with Crippen LogP contribution in [0.4, 0.5) is 16.2 Å². The molecule has 0 unspecified atom stereocenters. The van der Waals surface area contributed by atoms with Crippen LogP contribution in [0, 0.1) is 10.8 Å². The second-order valence-electron chi connectivity index (χ2n) is 15.9. The number of carbonyl (C=O) groups is 4. The molecule has 0 radical (unpaired) electrons. The Labute approximate surface area is 308 Å². The molecule has 268 valence electrons. The molecule has 4 aliphatic carbocycles. The summed E-state index contributed by atoms with van der Waals surface area (Å²) in [6, 6.07) is 24.9. The standard InChI is InChI=1S/C42H42ClN3O6/c1-24(44-39(50)51-20-32-28-13-7-5-11-26(28)27-12-6-8-14-29(27)32)36(47)45-33-17-34-35(31-16-10-9-15-30(31)33)25(18-43)19-46(34)37(48)41-21-42(22-41,23-41)38(49)52-40(2,3)4/h5-17,24-25,32H,18-23H2,1-4H3,(H,44,50)(H,45,47)/t24-,25+,41?,42?/m0/s1. The first-order valence-electron chi connectivity index (χ1n) is 17.9. The molecule has 3 fully saturated rings. The second kappa shape index (κ2) is 12.4. The van der Waals surface area contributed by atoms with Crippen molar-refractivity contribution in [1.82, 2.24) is 5.32 Å². The third-order valence-electron chi connectivity index (χ3n) is 11.2. The lowest BCUT2D eigenvalue weighted by Gasteiger charge is -2.67. The minimum absolute atomic E-state index is 0.0235. The van der Waals surface area contributed by atoms with Crippen molar-refractivity contribution in [2.75, 3.05) is 29.2 Å². The Kier molecular flexibility index (Phi) is 8.13. The molecule has 52 heavy (non-hydrogen) atoms. The van der Waals surface area contributed by atoms with Gasteiger partial charge in [0.05, 0.1) is 16.5 Å². The van der Waals surface area contributed by atoms with Crippen LogP contribution >= 0.6 is 11.6 Å². The number of esters is 1. The van der Waals surface area contributed by atoms with Crippen LogP contribution in [0.2, 0.25) is 0 Å². The van der Waals surface area contributed by atoms with Crippen molar-refractivity contribution >= 4 is 57.6 Å². The number of fused-ring (bicyclic) bond motifs is 6. The van der Waals surface area contributed by atoms with Gasteiger partial charge in [-0.3, -0.25) is 14.4 Å². The topological polar surface area (TPSA) is 114 Å². The van der Waals surface area contributed by atoms with E-state index in [1.54, 1.807) is 11.8 Å². The van der Waals surface area contributed by atoms with Crippen molar-refractivity contribution in [2.24, 2.45) is 10.8 Å². The molecule has 2 bridgehead atoms. The zero-order valence-electron chi connectivity index (χ0n) is 29.8. The van der Waals surface area contributed by atoms with E-state index in [2.05, 4.69) is 34.9 Å². The highest BCUT2D eigenvalue weighted by atomic mass is 35.5. The number of benzene rings is 4. The van der Waals surface area contributed by atoms with Gasteiger partial charge in [0.2, 0.25) is 11.8 Å². The van der Waals surface area contributed by atoms with E-state index in [-0.39, 0.29) is 30.3 Å². The van der Waals surface area contributed by atoms with Crippen LogP contribution in [-0.2, 0) is 23.9 Å². The minimum atomic E-state index is -0.916. The van der Waals surface area contributed by atoms with E-state index < -0.39 is 34.5 Å². The lowest BCUT2D eigenvalue weighted by Crippen LogP contribution is -2.71. The van der Waals surface area contributed by atoms with Gasteiger partial charge in [0.15, 0.2) is 0 Å². The van der Waals surface area contributed by atoms with E-state index in [0.717, 1.165) is 38.6 Å². The Morgan fingerprint density at radius 2 is 1.48 bits per heavy atom. The SMILES string of the molecule is C[C@H](NC(=O)OCC1c2ccccc2-c2ccccc21)C(=O)Nc1cc2c(c3ccccc13)[C@H](CCl)CN2C(=O)C12CC(C(=O)OC(C)(C)C)(C1)C2. The van der Waals surface area contributed by atoms with E-state index in [1.165, 1.54) is 0 Å². The zero-order valence-corrected chi connectivity index (χ0v) is 30.5. The number of nitrogens with one attached hydrogen (secondary N) is 2. The number of carbonyl (C=O) groups excluding carboxylic acids is 4. The summed E-state index contributed by atoms with van der Waals surface area (Å²) >= 11 is 6.51. The number of rotatable bonds is 8. The number of alkyl halides is 1. The van der Waals surface area contributed by atoms with Crippen molar-refractivity contribution in [3.8, 4) is 11.1 Å². The molecule has 4 aromatic carbocycles. The summed E-state index contributed by atoms with van der Waals surface area (Å²) in [5.41, 5.74) is 4.89. The van der Waals surface area contributed by atoms with Gasteiger partial charge in [-0.05, 0) is 86.2 Å². The van der Waals surface area contributed by atoms with Crippen molar-refractivity contribution in [3.63, 3.8) is 0 Å². The second-order valence-corrected chi connectivity index (χ2v) is 16.3. The van der Waals surface area contributed by atoms with E-state index in [1.807, 2.05) is 75.4 Å². The van der Waals surface area contributed by atoms with Crippen LogP contribution in [0.3, 0.4) is 0 Å². The quantitative estimate of drug-likeness (QED) is 0.142. The van der Waals surface area contributed by atoms with Crippen LogP contribution in [0.5, 0.6) is 0 Å². The molecular formula is C42H42ClN3O6. The van der Waals surface area contributed by atoms with Crippen LogP contribution in [0.15, 0.2) is 78.9 Å². The highest BCUT2D eigenvalue weighted by molar-refractivity contribution is 6.19. The average Bonchev–Trinajstić information content (AvgIpc) is 3.61. The fourth-order valence-electron chi connectivity index (χ4n) is 8.89. The molecule has 3 saturated carbocycles. The first-order valence-corrected chi connectivity index (χ1v) is 18.5. The van der Waals surface area contributed by atoms with E-state index >= 15 is 0 Å². The van der Waals surface area contributed by atoms with Gasteiger partial charge < -0.3 is 25.0 Å². The molecule has 2 atom stereocenters. The summed E-state index contributed by atoms with van der Waals surface area (Å²) in [5, 5.41) is 7.41. The molecule has 1 heterocycles. The molecule has 10 heteroatoms. The van der Waals surface area contributed by atoms with Crippen molar-refractivity contribution < 1.29 is 28.7 Å². The highest BCUT2D eigenvalue weighted by Gasteiger charge is 2.76. The number of hydrogen-bond donors (Lipinski definition) is 2. The van der Waals surface area contributed by atoms with Gasteiger partial charge in [-0.2, -0.15) is 0 Å². The molecule has 4 aromatic rings. The lowest BCUT2D eigenvalue weighted by molar-refractivity contribution is -0.230. The average molecular weight is 720 g/mol. The van der Waals surface area contributed by atoms with Crippen molar-refractivity contribution in [3.05, 3.63) is 95.6 Å². The number of anilines is 2. The van der Waals surface area contributed by atoms with Gasteiger partial charge >= 0.3 is 12.1 Å². The summed E-state index contributed by atoms with van der Waals surface area (Å²) in [7, 11) is 0. The Morgan fingerprint density at radius 1 is 0.885 bits per heavy atom. The third kappa shape index (κ3) is 5.52. The molecule has 5 aliphatic rings. The summed E-state index contributed by atoms with van der Waals surface area (Å²) in [6.07, 6.45) is 0.733. The summed E-state index contributed by atoms with van der Waals surface area (Å²) < 4.78 is 11.4. The van der Waals surface area contributed by atoms with Crippen LogP contribution < -0.4 is 15.5 Å². The van der Waals surface area contributed by atoms with Crippen LogP contribution in [0.25, 0.3) is 21.9 Å². The van der Waals surface area contributed by atoms with E-state index in [9.17, 15) is 19.2 Å². The largest absolute Gasteiger partial charge is 0.460 e. The minimum Gasteiger partial charge on any atom is -0.460 e. The number of hydrogen-bond acceptors (Lipinski definition) is 6. The van der Waals surface area contributed by atoms with Gasteiger partial charge in [-0.1, -0.05) is 72.8 Å². The first kappa shape index (κ1) is 34.2. The van der Waals surface area contributed by atoms with Crippen molar-refractivity contribution in [2.45, 2.75) is 70.4 Å². The van der Waals surface area contributed by atoms with Gasteiger partial charge in [0.1, 0.15) is 18.2 Å². The molecular weight excluding hydrogens is 678 g/mol. The molecule has 2 N–H and O–H groups in total. The lowest BCUT2D eigenvalue weighted by atomic mass is 9.34. The Hall–Kier alpha value is -4.89. The predicted molar refractivity (Wildman–Crippen MR) is 201 cm³/mol. The summed E-state index contributed by atoms with van der Waals surface area (Å²) in [5.74, 6) is -0.562. The molecule has 3 amide bonds. The fraction of sp³-hybridized carbons (Fsp3) is 0.381. The molecule has 0 saturated heterocycles. The van der Waals surface area contributed by atoms with Gasteiger partial charge in [0.25, 0.3) is 0 Å². The molecule has 1 aliphatic heterocycles. The molecule has 0 spiro atoms. The fourth-order valence-corrected chi connectivity index (χ4v) is 9.15. The smallest absolute Gasteiger partial charge is 0.407 e. The van der Waals surface area contributed by atoms with Gasteiger partial charge in [-0.25, -0.2) is 4.79 Å². The summed E-state index contributed by atoms with van der Waals surface area (Å²) in [4.78, 5) is 55.6. The number of nitrogens with zero attached hydrogens (tertiary/aromatic N) is 1. The number of halogens is 1. The Morgan fingerprint density at radius 3 is 2.10 bits per heavy atom. The highest BCUT2D eigenvalue weighted by Crippen LogP contribution is 2.74. The van der Waals surface area contributed by atoms with Gasteiger partial charge in [0, 0.05) is 35.3 Å². The zero-order chi connectivity index (χ0) is 36.6. The first-order chi connectivity index (χ1) is 24.8. The number of ether oxygens (including phenoxy) is 2.